The molecule has 0 amide bonds. The molecular formula is C13H28N2S. The summed E-state index contributed by atoms with van der Waals surface area (Å²) in [5, 5.41) is 3.58. The summed E-state index contributed by atoms with van der Waals surface area (Å²) in [4.78, 5) is 2.61. The second-order valence-electron chi connectivity index (χ2n) is 5.56. The van der Waals surface area contributed by atoms with Gasteiger partial charge in [-0.25, -0.2) is 0 Å². The van der Waals surface area contributed by atoms with Crippen LogP contribution in [0.5, 0.6) is 0 Å². The van der Waals surface area contributed by atoms with Crippen molar-refractivity contribution >= 4 is 11.8 Å². The van der Waals surface area contributed by atoms with Crippen molar-refractivity contribution in [3.05, 3.63) is 0 Å². The predicted molar refractivity (Wildman–Crippen MR) is 75.3 cm³/mol. The van der Waals surface area contributed by atoms with Crippen LogP contribution in [0, 0.1) is 5.92 Å². The maximum absolute atomic E-state index is 3.58. The average molecular weight is 244 g/mol. The van der Waals surface area contributed by atoms with Gasteiger partial charge in [0.15, 0.2) is 0 Å². The Morgan fingerprint density at radius 3 is 2.44 bits per heavy atom. The quantitative estimate of drug-likeness (QED) is 0.772. The molecule has 1 saturated heterocycles. The molecule has 2 unspecified atom stereocenters. The van der Waals surface area contributed by atoms with Crippen LogP contribution >= 0.6 is 11.8 Å². The Morgan fingerprint density at radius 2 is 2.00 bits per heavy atom. The molecule has 0 spiro atoms. The lowest BCUT2D eigenvalue weighted by molar-refractivity contribution is 0.142. The van der Waals surface area contributed by atoms with Gasteiger partial charge in [-0.1, -0.05) is 27.7 Å². The monoisotopic (exact) mass is 244 g/mol. The second-order valence-corrected chi connectivity index (χ2v) is 6.71. The van der Waals surface area contributed by atoms with E-state index in [0.29, 0.717) is 12.1 Å². The predicted octanol–water partition coefficient (Wildman–Crippen LogP) is 2.45. The Morgan fingerprint density at radius 1 is 1.31 bits per heavy atom. The number of nitrogens with one attached hydrogen (secondary N) is 1. The van der Waals surface area contributed by atoms with Gasteiger partial charge in [-0.15, -0.1) is 0 Å². The maximum atomic E-state index is 3.58. The zero-order chi connectivity index (χ0) is 12.1. The topological polar surface area (TPSA) is 15.3 Å². The van der Waals surface area contributed by atoms with E-state index >= 15 is 0 Å². The Labute approximate surface area is 106 Å². The zero-order valence-corrected chi connectivity index (χ0v) is 12.3. The van der Waals surface area contributed by atoms with Crippen LogP contribution in [0.3, 0.4) is 0 Å². The van der Waals surface area contributed by atoms with Gasteiger partial charge in [-0.05, 0) is 25.1 Å². The first kappa shape index (κ1) is 14.3. The van der Waals surface area contributed by atoms with Crippen LogP contribution in [-0.2, 0) is 0 Å². The summed E-state index contributed by atoms with van der Waals surface area (Å²) in [5.74, 6) is 3.39. The fourth-order valence-corrected chi connectivity index (χ4v) is 3.60. The van der Waals surface area contributed by atoms with Crippen LogP contribution in [0.2, 0.25) is 0 Å². The third-order valence-corrected chi connectivity index (χ3v) is 4.65. The molecule has 16 heavy (non-hydrogen) atoms. The van der Waals surface area contributed by atoms with Crippen LogP contribution in [-0.4, -0.2) is 48.1 Å². The molecular weight excluding hydrogens is 216 g/mol. The fraction of sp³-hybridized carbons (Fsp3) is 1.00. The highest BCUT2D eigenvalue weighted by molar-refractivity contribution is 7.99. The van der Waals surface area contributed by atoms with Gasteiger partial charge in [0.2, 0.25) is 0 Å². The van der Waals surface area contributed by atoms with Gasteiger partial charge in [-0.3, -0.25) is 4.90 Å². The highest BCUT2D eigenvalue weighted by atomic mass is 32.2. The highest BCUT2D eigenvalue weighted by Crippen LogP contribution is 2.24. The van der Waals surface area contributed by atoms with Crippen molar-refractivity contribution in [2.45, 2.75) is 52.2 Å². The van der Waals surface area contributed by atoms with Crippen molar-refractivity contribution in [2.75, 3.05) is 25.1 Å². The van der Waals surface area contributed by atoms with Gasteiger partial charge >= 0.3 is 0 Å². The first-order valence-electron chi connectivity index (χ1n) is 6.55. The van der Waals surface area contributed by atoms with Crippen molar-refractivity contribution in [2.24, 2.45) is 5.92 Å². The molecule has 1 N–H and O–H groups in total. The molecule has 1 heterocycles. The summed E-state index contributed by atoms with van der Waals surface area (Å²) in [6.45, 7) is 10.2. The summed E-state index contributed by atoms with van der Waals surface area (Å²) in [6.07, 6.45) is 1.37. The van der Waals surface area contributed by atoms with Crippen LogP contribution in [0.15, 0.2) is 0 Å². The van der Waals surface area contributed by atoms with Gasteiger partial charge < -0.3 is 5.32 Å². The zero-order valence-electron chi connectivity index (χ0n) is 11.5. The third kappa shape index (κ3) is 4.27. The average Bonchev–Trinajstić information content (AvgIpc) is 2.69. The fourth-order valence-electron chi connectivity index (χ4n) is 2.32. The van der Waals surface area contributed by atoms with E-state index in [0.717, 1.165) is 18.5 Å². The summed E-state index contributed by atoms with van der Waals surface area (Å²) >= 11 is 2.10. The van der Waals surface area contributed by atoms with Crippen LogP contribution in [0.4, 0.5) is 0 Å². The number of hydrogen-bond acceptors (Lipinski definition) is 3. The van der Waals surface area contributed by atoms with Crippen molar-refractivity contribution in [3.63, 3.8) is 0 Å². The van der Waals surface area contributed by atoms with Gasteiger partial charge in [-0.2, -0.15) is 11.8 Å². The number of thioether (sulfide) groups is 1. The van der Waals surface area contributed by atoms with Crippen LogP contribution in [0.25, 0.3) is 0 Å². The molecule has 1 rings (SSSR count). The number of hydrogen-bond donors (Lipinski definition) is 1. The van der Waals surface area contributed by atoms with E-state index in [9.17, 15) is 0 Å². The molecule has 2 atom stereocenters. The standard InChI is InChI=1S/C13H28N2S/c1-10(2)13(8-14-11(3)4)15(5)12-6-7-16-9-12/h10-14H,6-9H2,1-5H3. The first-order chi connectivity index (χ1) is 7.52. The van der Waals surface area contributed by atoms with Crippen molar-refractivity contribution in [1.82, 2.24) is 10.2 Å². The molecule has 3 heteroatoms. The minimum absolute atomic E-state index is 0.590. The summed E-state index contributed by atoms with van der Waals surface area (Å²) < 4.78 is 0. The molecule has 1 fully saturated rings. The van der Waals surface area contributed by atoms with Gasteiger partial charge in [0, 0.05) is 30.4 Å². The number of likely N-dealkylation sites (N-methyl/N-ethyl adjacent to an activating group) is 1. The lowest BCUT2D eigenvalue weighted by atomic mass is 10.0. The van der Waals surface area contributed by atoms with Crippen LogP contribution in [0.1, 0.15) is 34.1 Å². The number of rotatable bonds is 6. The molecule has 0 aromatic heterocycles. The lowest BCUT2D eigenvalue weighted by Gasteiger charge is -2.36. The van der Waals surface area contributed by atoms with E-state index < -0.39 is 0 Å². The Hall–Kier alpha value is 0.270. The minimum atomic E-state index is 0.590. The molecule has 1 aliphatic rings. The van der Waals surface area contributed by atoms with Gasteiger partial charge in [0.25, 0.3) is 0 Å². The normalized spacial score (nSPS) is 23.6. The summed E-state index contributed by atoms with van der Waals surface area (Å²) in [6, 6.07) is 2.06. The van der Waals surface area contributed by atoms with E-state index in [-0.39, 0.29) is 0 Å². The Bertz CT molecular complexity index is 188. The molecule has 0 saturated carbocycles. The molecule has 1 aliphatic heterocycles. The molecule has 2 nitrogen and oxygen atoms in total. The smallest absolute Gasteiger partial charge is 0.0243 e. The highest BCUT2D eigenvalue weighted by Gasteiger charge is 2.27. The van der Waals surface area contributed by atoms with Crippen molar-refractivity contribution < 1.29 is 0 Å². The minimum Gasteiger partial charge on any atom is -0.313 e. The molecule has 96 valence electrons. The Kier molecular flexibility index (Phi) is 6.16. The van der Waals surface area contributed by atoms with Crippen molar-refractivity contribution in [1.29, 1.82) is 0 Å². The van der Waals surface area contributed by atoms with E-state index in [1.165, 1.54) is 17.9 Å². The largest absolute Gasteiger partial charge is 0.313 e. The molecule has 0 aromatic rings. The molecule has 0 aromatic carbocycles. The van der Waals surface area contributed by atoms with Crippen LogP contribution < -0.4 is 5.32 Å². The lowest BCUT2D eigenvalue weighted by Crippen LogP contribution is -2.49. The van der Waals surface area contributed by atoms with Gasteiger partial charge in [0.05, 0.1) is 0 Å². The summed E-state index contributed by atoms with van der Waals surface area (Å²) in [7, 11) is 2.31. The Balaban J connectivity index is 2.47. The maximum Gasteiger partial charge on any atom is 0.0243 e. The SMILES string of the molecule is CC(C)NCC(C(C)C)N(C)C1CCSC1. The molecule has 0 radical (unpaired) electrons. The third-order valence-electron chi connectivity index (χ3n) is 3.51. The van der Waals surface area contributed by atoms with Gasteiger partial charge in [0.1, 0.15) is 0 Å². The van der Waals surface area contributed by atoms with E-state index in [1.54, 1.807) is 0 Å². The van der Waals surface area contributed by atoms with E-state index in [1.807, 2.05) is 0 Å². The van der Waals surface area contributed by atoms with E-state index in [4.69, 9.17) is 0 Å². The number of nitrogens with zero attached hydrogens (tertiary/aromatic N) is 1. The summed E-state index contributed by atoms with van der Waals surface area (Å²) in [5.41, 5.74) is 0. The second kappa shape index (κ2) is 6.87. The molecule has 0 aliphatic carbocycles. The van der Waals surface area contributed by atoms with Crippen molar-refractivity contribution in [3.8, 4) is 0 Å². The first-order valence-corrected chi connectivity index (χ1v) is 7.71. The van der Waals surface area contributed by atoms with E-state index in [2.05, 4.69) is 56.7 Å². The molecule has 0 bridgehead atoms.